The molecule has 0 fully saturated rings. The van der Waals surface area contributed by atoms with Crippen molar-refractivity contribution in [1.82, 2.24) is 0 Å². The lowest BCUT2D eigenvalue weighted by Crippen LogP contribution is -2.39. The van der Waals surface area contributed by atoms with Gasteiger partial charge >= 0.3 is 6.18 Å². The normalized spacial score (nSPS) is 12.0. The van der Waals surface area contributed by atoms with Crippen molar-refractivity contribution in [3.05, 3.63) is 29.0 Å². The van der Waals surface area contributed by atoms with E-state index in [0.29, 0.717) is 0 Å². The van der Waals surface area contributed by atoms with Crippen molar-refractivity contribution >= 4 is 17.3 Å². The Kier molecular flexibility index (Phi) is 4.25. The molecule has 0 N–H and O–H groups in total. The molecule has 0 amide bonds. The third-order valence-electron chi connectivity index (χ3n) is 2.19. The number of hydrogen-bond acceptors (Lipinski definition) is 1. The van der Waals surface area contributed by atoms with E-state index in [4.69, 9.17) is 11.6 Å². The Morgan fingerprint density at radius 3 is 2.35 bits per heavy atom. The van der Waals surface area contributed by atoms with E-state index in [-0.39, 0.29) is 10.7 Å². The monoisotopic (exact) mass is 269 g/mol. The Morgan fingerprint density at radius 1 is 1.29 bits per heavy atom. The van der Waals surface area contributed by atoms with Crippen LogP contribution in [0.5, 0.6) is 0 Å². The van der Waals surface area contributed by atoms with E-state index < -0.39 is 24.6 Å². The average molecular weight is 270 g/mol. The Hall–Kier alpha value is -0.970. The Balaban J connectivity index is 3.10. The lowest BCUT2D eigenvalue weighted by Gasteiger charge is -2.30. The predicted octanol–water partition coefficient (Wildman–Crippen LogP) is 4.26. The second kappa shape index (κ2) is 5.12. The van der Waals surface area contributed by atoms with Gasteiger partial charge in [-0.25, -0.2) is 4.39 Å². The zero-order valence-corrected chi connectivity index (χ0v) is 10.1. The highest BCUT2D eigenvalue weighted by atomic mass is 35.5. The number of alkyl halides is 3. The molecule has 0 bridgehead atoms. The van der Waals surface area contributed by atoms with Crippen LogP contribution in [0, 0.1) is 5.82 Å². The second-order valence-electron chi connectivity index (χ2n) is 3.93. The standard InChI is InChI=1S/C11H12ClF4N/c1-7(2)17(6-11(14,15)16)10-5-8(13)3-4-9(10)12/h3-5,7H,6H2,1-2H3. The van der Waals surface area contributed by atoms with Crippen molar-refractivity contribution in [1.29, 1.82) is 0 Å². The maximum Gasteiger partial charge on any atom is 0.405 e. The number of halogens is 5. The van der Waals surface area contributed by atoms with Crippen molar-refractivity contribution in [3.63, 3.8) is 0 Å². The first-order chi connectivity index (χ1) is 7.70. The van der Waals surface area contributed by atoms with Gasteiger partial charge < -0.3 is 4.90 Å². The van der Waals surface area contributed by atoms with Gasteiger partial charge in [-0.1, -0.05) is 11.6 Å². The number of anilines is 1. The minimum absolute atomic E-state index is 0.0546. The van der Waals surface area contributed by atoms with E-state index in [1.807, 2.05) is 0 Å². The summed E-state index contributed by atoms with van der Waals surface area (Å²) in [6.07, 6.45) is -4.36. The molecular weight excluding hydrogens is 258 g/mol. The summed E-state index contributed by atoms with van der Waals surface area (Å²) in [5.74, 6) is -0.614. The highest BCUT2D eigenvalue weighted by Crippen LogP contribution is 2.30. The lowest BCUT2D eigenvalue weighted by atomic mass is 10.2. The van der Waals surface area contributed by atoms with Gasteiger partial charge in [-0.2, -0.15) is 13.2 Å². The van der Waals surface area contributed by atoms with Crippen LogP contribution >= 0.6 is 11.6 Å². The van der Waals surface area contributed by atoms with Crippen molar-refractivity contribution in [3.8, 4) is 0 Å². The largest absolute Gasteiger partial charge is 0.405 e. The molecule has 0 aliphatic carbocycles. The smallest absolute Gasteiger partial charge is 0.359 e. The van der Waals surface area contributed by atoms with E-state index in [1.54, 1.807) is 13.8 Å². The maximum absolute atomic E-state index is 13.0. The van der Waals surface area contributed by atoms with Crippen LogP contribution in [0.1, 0.15) is 13.8 Å². The molecule has 0 heterocycles. The van der Waals surface area contributed by atoms with Gasteiger partial charge in [-0.15, -0.1) is 0 Å². The van der Waals surface area contributed by atoms with Crippen LogP contribution in [0.3, 0.4) is 0 Å². The summed E-state index contributed by atoms with van der Waals surface area (Å²) in [5.41, 5.74) is 0.0546. The molecule has 0 radical (unpaired) electrons. The van der Waals surface area contributed by atoms with E-state index in [0.717, 1.165) is 17.0 Å². The molecule has 0 saturated heterocycles. The zero-order chi connectivity index (χ0) is 13.2. The quantitative estimate of drug-likeness (QED) is 0.741. The van der Waals surface area contributed by atoms with E-state index >= 15 is 0 Å². The van der Waals surface area contributed by atoms with Crippen LogP contribution in [-0.4, -0.2) is 18.8 Å². The molecule has 0 unspecified atom stereocenters. The van der Waals surface area contributed by atoms with E-state index in [1.165, 1.54) is 6.07 Å². The van der Waals surface area contributed by atoms with Crippen LogP contribution in [-0.2, 0) is 0 Å². The Labute approximate surface area is 102 Å². The molecule has 0 spiro atoms. The van der Waals surface area contributed by atoms with Gasteiger partial charge in [0.25, 0.3) is 0 Å². The fourth-order valence-electron chi connectivity index (χ4n) is 1.44. The summed E-state index contributed by atoms with van der Waals surface area (Å²) in [7, 11) is 0. The van der Waals surface area contributed by atoms with Crippen LogP contribution < -0.4 is 4.90 Å². The van der Waals surface area contributed by atoms with Crippen LogP contribution in [0.15, 0.2) is 18.2 Å². The van der Waals surface area contributed by atoms with Gasteiger partial charge in [0.05, 0.1) is 10.7 Å². The molecule has 1 aromatic carbocycles. The van der Waals surface area contributed by atoms with E-state index in [9.17, 15) is 17.6 Å². The fraction of sp³-hybridized carbons (Fsp3) is 0.455. The number of benzene rings is 1. The number of rotatable bonds is 3. The van der Waals surface area contributed by atoms with Crippen LogP contribution in [0.25, 0.3) is 0 Å². The molecule has 1 aromatic rings. The van der Waals surface area contributed by atoms with Crippen LogP contribution in [0.4, 0.5) is 23.2 Å². The van der Waals surface area contributed by atoms with E-state index in [2.05, 4.69) is 0 Å². The summed E-state index contributed by atoms with van der Waals surface area (Å²) in [5, 5.41) is 0.101. The maximum atomic E-state index is 13.0. The van der Waals surface area contributed by atoms with Gasteiger partial charge in [0, 0.05) is 6.04 Å². The van der Waals surface area contributed by atoms with Gasteiger partial charge in [0.1, 0.15) is 12.4 Å². The molecule has 96 valence electrons. The molecule has 0 aliphatic rings. The van der Waals surface area contributed by atoms with Crippen molar-refractivity contribution in [2.45, 2.75) is 26.1 Å². The summed E-state index contributed by atoms with van der Waals surface area (Å²) in [6, 6.07) is 2.93. The molecular formula is C11H12ClF4N. The molecule has 0 saturated carbocycles. The van der Waals surface area contributed by atoms with Crippen LogP contribution in [0.2, 0.25) is 5.02 Å². The van der Waals surface area contributed by atoms with Gasteiger partial charge in [0.2, 0.25) is 0 Å². The molecule has 17 heavy (non-hydrogen) atoms. The first-order valence-electron chi connectivity index (χ1n) is 4.99. The minimum Gasteiger partial charge on any atom is -0.359 e. The topological polar surface area (TPSA) is 3.24 Å². The molecule has 6 heteroatoms. The lowest BCUT2D eigenvalue weighted by molar-refractivity contribution is -0.120. The summed E-state index contributed by atoms with van der Waals surface area (Å²) < 4.78 is 50.3. The first kappa shape index (κ1) is 14.1. The number of hydrogen-bond donors (Lipinski definition) is 0. The highest BCUT2D eigenvalue weighted by Gasteiger charge is 2.32. The summed E-state index contributed by atoms with van der Waals surface area (Å²) in [6.45, 7) is 2.02. The second-order valence-corrected chi connectivity index (χ2v) is 4.34. The van der Waals surface area contributed by atoms with Crippen molar-refractivity contribution < 1.29 is 17.6 Å². The SMILES string of the molecule is CC(C)N(CC(F)(F)F)c1cc(F)ccc1Cl. The van der Waals surface area contributed by atoms with Gasteiger partial charge in [0.15, 0.2) is 0 Å². The molecule has 0 aliphatic heterocycles. The first-order valence-corrected chi connectivity index (χ1v) is 5.37. The summed E-state index contributed by atoms with van der Waals surface area (Å²) >= 11 is 5.79. The van der Waals surface area contributed by atoms with Gasteiger partial charge in [-0.05, 0) is 32.0 Å². The third kappa shape index (κ3) is 4.07. The molecule has 0 atom stereocenters. The molecule has 0 aromatic heterocycles. The van der Waals surface area contributed by atoms with Gasteiger partial charge in [-0.3, -0.25) is 0 Å². The molecule has 1 nitrogen and oxygen atoms in total. The predicted molar refractivity (Wildman–Crippen MR) is 59.9 cm³/mol. The highest BCUT2D eigenvalue weighted by molar-refractivity contribution is 6.33. The fourth-order valence-corrected chi connectivity index (χ4v) is 1.67. The number of nitrogens with zero attached hydrogens (tertiary/aromatic N) is 1. The Morgan fingerprint density at radius 2 is 1.88 bits per heavy atom. The van der Waals surface area contributed by atoms with Crippen molar-refractivity contribution in [2.24, 2.45) is 0 Å². The zero-order valence-electron chi connectivity index (χ0n) is 9.35. The third-order valence-corrected chi connectivity index (χ3v) is 2.51. The minimum atomic E-state index is -4.36. The average Bonchev–Trinajstić information content (AvgIpc) is 2.17. The van der Waals surface area contributed by atoms with Crippen molar-refractivity contribution in [2.75, 3.05) is 11.4 Å². The Bertz CT molecular complexity index is 390. The molecule has 1 rings (SSSR count). The summed E-state index contributed by atoms with van der Waals surface area (Å²) in [4.78, 5) is 1.02.